The zero-order valence-electron chi connectivity index (χ0n) is 14.1. The fourth-order valence-electron chi connectivity index (χ4n) is 3.66. The summed E-state index contributed by atoms with van der Waals surface area (Å²) in [6.07, 6.45) is 5.24. The van der Waals surface area contributed by atoms with E-state index in [4.69, 9.17) is 0 Å². The topological polar surface area (TPSA) is 44.9 Å². The maximum Gasteiger partial charge on any atom is 0.251 e. The minimum atomic E-state index is -0.244. The van der Waals surface area contributed by atoms with E-state index in [1.54, 1.807) is 6.07 Å². The molecule has 0 fully saturated rings. The number of rotatable bonds is 4. The molecule has 0 unspecified atom stereocenters. The predicted molar refractivity (Wildman–Crippen MR) is 97.4 cm³/mol. The van der Waals surface area contributed by atoms with Gasteiger partial charge >= 0.3 is 0 Å². The lowest BCUT2D eigenvalue weighted by molar-refractivity contribution is 0.0954. The quantitative estimate of drug-likeness (QED) is 0.738. The summed E-state index contributed by atoms with van der Waals surface area (Å²) in [7, 11) is 0. The van der Waals surface area contributed by atoms with Crippen LogP contribution in [0, 0.1) is 5.82 Å². The Balaban J connectivity index is 1.46. The molecule has 0 atom stereocenters. The van der Waals surface area contributed by atoms with Crippen LogP contribution in [0.25, 0.3) is 10.9 Å². The lowest BCUT2D eigenvalue weighted by Crippen LogP contribution is -2.25. The number of hydrogen-bond donors (Lipinski definition) is 2. The lowest BCUT2D eigenvalue weighted by Gasteiger charge is -2.10. The summed E-state index contributed by atoms with van der Waals surface area (Å²) in [5.41, 5.74) is 5.37. The van der Waals surface area contributed by atoms with Gasteiger partial charge in [-0.3, -0.25) is 4.79 Å². The van der Waals surface area contributed by atoms with Gasteiger partial charge in [0.15, 0.2) is 0 Å². The van der Waals surface area contributed by atoms with Crippen molar-refractivity contribution in [2.24, 2.45) is 0 Å². The zero-order chi connectivity index (χ0) is 17.2. The van der Waals surface area contributed by atoms with Crippen molar-refractivity contribution in [3.8, 4) is 0 Å². The van der Waals surface area contributed by atoms with E-state index < -0.39 is 0 Å². The van der Waals surface area contributed by atoms with E-state index in [9.17, 15) is 9.18 Å². The molecule has 0 saturated carbocycles. The molecular weight excluding hydrogens is 315 g/mol. The van der Waals surface area contributed by atoms with Gasteiger partial charge in [-0.2, -0.15) is 0 Å². The average molecular weight is 336 g/mol. The van der Waals surface area contributed by atoms with Crippen LogP contribution in [0.15, 0.2) is 42.5 Å². The first kappa shape index (κ1) is 15.9. The highest BCUT2D eigenvalue weighted by atomic mass is 19.1. The van der Waals surface area contributed by atoms with Gasteiger partial charge in [-0.15, -0.1) is 0 Å². The normalized spacial score (nSPS) is 13.6. The molecule has 25 heavy (non-hydrogen) atoms. The monoisotopic (exact) mass is 336 g/mol. The van der Waals surface area contributed by atoms with Gasteiger partial charge in [-0.25, -0.2) is 4.39 Å². The van der Waals surface area contributed by atoms with Crippen LogP contribution in [0.5, 0.6) is 0 Å². The van der Waals surface area contributed by atoms with E-state index in [0.717, 1.165) is 23.9 Å². The molecule has 2 aromatic carbocycles. The van der Waals surface area contributed by atoms with E-state index in [0.29, 0.717) is 18.5 Å². The fraction of sp³-hybridized carbons (Fsp3) is 0.286. The molecule has 1 heterocycles. The fourth-order valence-corrected chi connectivity index (χ4v) is 3.66. The highest BCUT2D eigenvalue weighted by molar-refractivity contribution is 5.99. The van der Waals surface area contributed by atoms with Crippen LogP contribution >= 0.6 is 0 Å². The van der Waals surface area contributed by atoms with Gasteiger partial charge in [0.1, 0.15) is 5.82 Å². The Labute approximate surface area is 146 Å². The third-order valence-electron chi connectivity index (χ3n) is 4.95. The number of carbonyl (C=O) groups is 1. The lowest BCUT2D eigenvalue weighted by atomic mass is 9.95. The second-order valence-corrected chi connectivity index (χ2v) is 6.69. The molecule has 4 heteroatoms. The molecule has 1 aromatic heterocycles. The van der Waals surface area contributed by atoms with Crippen molar-refractivity contribution in [3.63, 3.8) is 0 Å². The average Bonchev–Trinajstić information content (AvgIpc) is 2.99. The van der Waals surface area contributed by atoms with E-state index in [-0.39, 0.29) is 11.7 Å². The molecule has 3 nitrogen and oxygen atoms in total. The molecule has 2 N–H and O–H groups in total. The molecule has 0 radical (unpaired) electrons. The number of nitrogens with one attached hydrogen (secondary N) is 2. The van der Waals surface area contributed by atoms with Crippen molar-refractivity contribution < 1.29 is 9.18 Å². The molecule has 3 aromatic rings. The van der Waals surface area contributed by atoms with Crippen LogP contribution in [0.4, 0.5) is 4.39 Å². The van der Waals surface area contributed by atoms with Crippen LogP contribution in [-0.2, 0) is 19.3 Å². The van der Waals surface area contributed by atoms with Crippen LogP contribution in [-0.4, -0.2) is 17.4 Å². The largest absolute Gasteiger partial charge is 0.358 e. The van der Waals surface area contributed by atoms with Crippen LogP contribution < -0.4 is 5.32 Å². The molecule has 0 spiro atoms. The number of aryl methyl sites for hydroxylation is 2. The molecule has 1 aliphatic carbocycles. The van der Waals surface area contributed by atoms with E-state index in [1.807, 2.05) is 24.3 Å². The Morgan fingerprint density at radius 1 is 1.12 bits per heavy atom. The first-order valence-corrected chi connectivity index (χ1v) is 8.87. The molecule has 128 valence electrons. The number of benzene rings is 2. The molecule has 0 saturated heterocycles. The van der Waals surface area contributed by atoms with Gasteiger partial charge in [-0.05, 0) is 73.6 Å². The Kier molecular flexibility index (Phi) is 4.26. The van der Waals surface area contributed by atoms with E-state index in [1.165, 1.54) is 41.6 Å². The molecule has 4 rings (SSSR count). The summed E-state index contributed by atoms with van der Waals surface area (Å²) in [6, 6.07) is 12.3. The second-order valence-electron chi connectivity index (χ2n) is 6.69. The third kappa shape index (κ3) is 3.29. The summed E-state index contributed by atoms with van der Waals surface area (Å²) in [4.78, 5) is 15.9. The maximum absolute atomic E-state index is 13.2. The number of aromatic nitrogens is 1. The van der Waals surface area contributed by atoms with Crippen molar-refractivity contribution in [1.29, 1.82) is 0 Å². The van der Waals surface area contributed by atoms with Crippen LogP contribution in [0.3, 0.4) is 0 Å². The first-order valence-electron chi connectivity index (χ1n) is 8.87. The molecule has 0 aliphatic heterocycles. The molecule has 1 amide bonds. The summed E-state index contributed by atoms with van der Waals surface area (Å²) >= 11 is 0. The number of carbonyl (C=O) groups excluding carboxylic acids is 1. The minimum absolute atomic E-state index is 0.0796. The maximum atomic E-state index is 13.2. The Bertz CT molecular complexity index is 929. The van der Waals surface area contributed by atoms with Crippen molar-refractivity contribution in [2.45, 2.75) is 32.1 Å². The van der Waals surface area contributed by atoms with E-state index >= 15 is 0 Å². The number of halogens is 1. The molecular formula is C21H21FN2O. The first-order chi connectivity index (χ1) is 12.2. The summed E-state index contributed by atoms with van der Waals surface area (Å²) in [5, 5.41) is 4.11. The third-order valence-corrected chi connectivity index (χ3v) is 4.95. The predicted octanol–water partition coefficient (Wildman–Crippen LogP) is 4.16. The number of H-pyrrole nitrogens is 1. The van der Waals surface area contributed by atoms with Crippen molar-refractivity contribution in [1.82, 2.24) is 10.3 Å². The van der Waals surface area contributed by atoms with Gasteiger partial charge in [0.2, 0.25) is 0 Å². The standard InChI is InChI=1S/C21H21FN2O/c22-16-5-3-4-14(12-16)10-11-23-21(25)15-8-9-20-18(13-15)17-6-1-2-7-19(17)24-20/h3-5,8-9,12-13,24H,1-2,6-7,10-11H2,(H,23,25). The number of aromatic amines is 1. The smallest absolute Gasteiger partial charge is 0.251 e. The van der Waals surface area contributed by atoms with Gasteiger partial charge in [-0.1, -0.05) is 12.1 Å². The van der Waals surface area contributed by atoms with Crippen LogP contribution in [0.1, 0.15) is 40.0 Å². The van der Waals surface area contributed by atoms with E-state index in [2.05, 4.69) is 10.3 Å². The summed E-state index contributed by atoms with van der Waals surface area (Å²) in [6.45, 7) is 0.492. The van der Waals surface area contributed by atoms with Gasteiger partial charge in [0, 0.05) is 28.7 Å². The Morgan fingerprint density at radius 2 is 2.00 bits per heavy atom. The Morgan fingerprint density at radius 3 is 2.88 bits per heavy atom. The van der Waals surface area contributed by atoms with Crippen molar-refractivity contribution >= 4 is 16.8 Å². The van der Waals surface area contributed by atoms with Gasteiger partial charge < -0.3 is 10.3 Å². The summed E-state index contributed by atoms with van der Waals surface area (Å²) < 4.78 is 13.2. The van der Waals surface area contributed by atoms with Gasteiger partial charge in [0.05, 0.1) is 0 Å². The SMILES string of the molecule is O=C(NCCc1cccc(F)c1)c1ccc2[nH]c3c(c2c1)CCCC3. The zero-order valence-corrected chi connectivity index (χ0v) is 14.1. The highest BCUT2D eigenvalue weighted by Gasteiger charge is 2.16. The van der Waals surface area contributed by atoms with Gasteiger partial charge in [0.25, 0.3) is 5.91 Å². The minimum Gasteiger partial charge on any atom is -0.358 e. The number of hydrogen-bond acceptors (Lipinski definition) is 1. The number of amides is 1. The Hall–Kier alpha value is -2.62. The summed E-state index contributed by atoms with van der Waals surface area (Å²) in [5.74, 6) is -0.324. The molecule has 0 bridgehead atoms. The second kappa shape index (κ2) is 6.71. The number of fused-ring (bicyclic) bond motifs is 3. The molecule has 1 aliphatic rings. The van der Waals surface area contributed by atoms with Crippen LogP contribution in [0.2, 0.25) is 0 Å². The highest BCUT2D eigenvalue weighted by Crippen LogP contribution is 2.29. The van der Waals surface area contributed by atoms with Crippen molar-refractivity contribution in [3.05, 3.63) is 70.7 Å². The van der Waals surface area contributed by atoms with Crippen molar-refractivity contribution in [2.75, 3.05) is 6.54 Å².